The number of alkyl halides is 3. The molecule has 1 aromatic heterocycles. The summed E-state index contributed by atoms with van der Waals surface area (Å²) >= 11 is 0. The zero-order valence-electron chi connectivity index (χ0n) is 15.5. The highest BCUT2D eigenvalue weighted by molar-refractivity contribution is 5.68. The molecule has 4 rings (SSSR count). The summed E-state index contributed by atoms with van der Waals surface area (Å²) in [5.41, 5.74) is 0.680. The first-order valence-electron chi connectivity index (χ1n) is 9.03. The van der Waals surface area contributed by atoms with Crippen molar-refractivity contribution in [3.05, 3.63) is 76.0 Å². The third-order valence-electron chi connectivity index (χ3n) is 4.70. The molecule has 0 saturated carbocycles. The molecule has 2 heterocycles. The lowest BCUT2D eigenvalue weighted by atomic mass is 9.98. The Morgan fingerprint density at radius 3 is 2.63 bits per heavy atom. The lowest BCUT2D eigenvalue weighted by Crippen LogP contribution is -2.32. The molecule has 0 fully saturated rings. The zero-order chi connectivity index (χ0) is 21.3. The molecule has 3 aromatic rings. The average Bonchev–Trinajstić information content (AvgIpc) is 3.16. The molecule has 1 aliphatic heterocycles. The third-order valence-corrected chi connectivity index (χ3v) is 4.70. The number of nitro groups is 1. The highest BCUT2D eigenvalue weighted by Crippen LogP contribution is 2.37. The van der Waals surface area contributed by atoms with Crippen molar-refractivity contribution < 1.29 is 27.6 Å². The SMILES string of the molecule is O=[N+]([O-])c1cn2c(n1)OC[C@@H](OCc1ccc(-c3ccccc3C(F)(F)F)cc1)C2. The van der Waals surface area contributed by atoms with E-state index in [1.165, 1.54) is 22.9 Å². The highest BCUT2D eigenvalue weighted by Gasteiger charge is 2.33. The van der Waals surface area contributed by atoms with E-state index in [4.69, 9.17) is 9.47 Å². The van der Waals surface area contributed by atoms with Crippen LogP contribution >= 0.6 is 0 Å². The van der Waals surface area contributed by atoms with Gasteiger partial charge in [0.25, 0.3) is 0 Å². The zero-order valence-corrected chi connectivity index (χ0v) is 15.5. The van der Waals surface area contributed by atoms with Crippen LogP contribution in [-0.4, -0.2) is 27.2 Å². The van der Waals surface area contributed by atoms with Crippen LogP contribution in [0.4, 0.5) is 19.0 Å². The number of hydrogen-bond donors (Lipinski definition) is 0. The van der Waals surface area contributed by atoms with Crippen molar-refractivity contribution >= 4 is 5.82 Å². The number of aromatic nitrogens is 2. The Kier molecular flexibility index (Phi) is 5.17. The molecule has 2 aromatic carbocycles. The van der Waals surface area contributed by atoms with Crippen LogP contribution in [0.5, 0.6) is 6.01 Å². The molecule has 1 aliphatic rings. The Morgan fingerprint density at radius 1 is 1.20 bits per heavy atom. The molecular weight excluding hydrogens is 403 g/mol. The first kappa shape index (κ1) is 19.9. The van der Waals surface area contributed by atoms with E-state index in [9.17, 15) is 23.3 Å². The predicted octanol–water partition coefficient (Wildman–Crippen LogP) is 4.45. The molecule has 0 aliphatic carbocycles. The van der Waals surface area contributed by atoms with Crippen LogP contribution in [0.3, 0.4) is 0 Å². The normalized spacial score (nSPS) is 16.0. The molecular formula is C20H16F3N3O4. The number of hydrogen-bond acceptors (Lipinski definition) is 5. The molecule has 0 saturated heterocycles. The van der Waals surface area contributed by atoms with Crippen molar-refractivity contribution in [2.45, 2.75) is 25.4 Å². The molecule has 0 bridgehead atoms. The second-order valence-electron chi connectivity index (χ2n) is 6.78. The monoisotopic (exact) mass is 419 g/mol. The van der Waals surface area contributed by atoms with E-state index < -0.39 is 16.7 Å². The molecule has 0 unspecified atom stereocenters. The van der Waals surface area contributed by atoms with Gasteiger partial charge in [-0.05, 0) is 27.7 Å². The fourth-order valence-electron chi connectivity index (χ4n) is 3.24. The Labute approximate surface area is 168 Å². The van der Waals surface area contributed by atoms with E-state index in [1.54, 1.807) is 30.3 Å². The van der Waals surface area contributed by atoms with Gasteiger partial charge in [0.1, 0.15) is 18.9 Å². The minimum Gasteiger partial charge on any atom is -0.443 e. The summed E-state index contributed by atoms with van der Waals surface area (Å²) in [6.07, 6.45) is -3.48. The second kappa shape index (κ2) is 7.79. The number of benzene rings is 2. The smallest absolute Gasteiger partial charge is 0.417 e. The summed E-state index contributed by atoms with van der Waals surface area (Å²) in [6.45, 7) is 0.778. The first-order chi connectivity index (χ1) is 14.3. The number of nitrogens with zero attached hydrogens (tertiary/aromatic N) is 3. The van der Waals surface area contributed by atoms with Crippen LogP contribution in [0.2, 0.25) is 0 Å². The Hall–Kier alpha value is -3.40. The van der Waals surface area contributed by atoms with Gasteiger partial charge in [0, 0.05) is 4.98 Å². The Bertz CT molecular complexity index is 1060. The van der Waals surface area contributed by atoms with Gasteiger partial charge in [0.2, 0.25) is 0 Å². The summed E-state index contributed by atoms with van der Waals surface area (Å²) in [4.78, 5) is 14.0. The van der Waals surface area contributed by atoms with Crippen LogP contribution in [0.15, 0.2) is 54.7 Å². The number of rotatable bonds is 5. The number of imidazole rings is 1. The van der Waals surface area contributed by atoms with Gasteiger partial charge in [-0.25, -0.2) is 0 Å². The Morgan fingerprint density at radius 2 is 1.93 bits per heavy atom. The van der Waals surface area contributed by atoms with Crippen LogP contribution in [0.1, 0.15) is 11.1 Å². The maximum Gasteiger partial charge on any atom is 0.417 e. The van der Waals surface area contributed by atoms with Crippen molar-refractivity contribution in [1.82, 2.24) is 9.55 Å². The van der Waals surface area contributed by atoms with Gasteiger partial charge in [-0.3, -0.25) is 4.57 Å². The molecule has 0 N–H and O–H groups in total. The fourth-order valence-corrected chi connectivity index (χ4v) is 3.24. The lowest BCUT2D eigenvalue weighted by molar-refractivity contribution is -0.389. The van der Waals surface area contributed by atoms with Gasteiger partial charge >= 0.3 is 18.0 Å². The van der Waals surface area contributed by atoms with E-state index in [1.807, 2.05) is 0 Å². The third kappa shape index (κ3) is 4.13. The quantitative estimate of drug-likeness (QED) is 0.451. The largest absolute Gasteiger partial charge is 0.443 e. The van der Waals surface area contributed by atoms with Gasteiger partial charge in [0.05, 0.1) is 18.7 Å². The van der Waals surface area contributed by atoms with Crippen LogP contribution in [0, 0.1) is 10.1 Å². The van der Waals surface area contributed by atoms with Gasteiger partial charge < -0.3 is 19.6 Å². The van der Waals surface area contributed by atoms with Gasteiger partial charge in [-0.15, -0.1) is 0 Å². The summed E-state index contributed by atoms with van der Waals surface area (Å²) in [5.74, 6) is -0.291. The first-order valence-corrected chi connectivity index (χ1v) is 9.03. The van der Waals surface area contributed by atoms with Crippen molar-refractivity contribution in [2.75, 3.05) is 6.61 Å². The minimum atomic E-state index is -4.43. The second-order valence-corrected chi connectivity index (χ2v) is 6.78. The van der Waals surface area contributed by atoms with E-state index in [-0.39, 0.29) is 36.7 Å². The van der Waals surface area contributed by atoms with Crippen molar-refractivity contribution in [3.63, 3.8) is 0 Å². The topological polar surface area (TPSA) is 79.4 Å². The van der Waals surface area contributed by atoms with Crippen molar-refractivity contribution in [1.29, 1.82) is 0 Å². The van der Waals surface area contributed by atoms with E-state index in [2.05, 4.69) is 4.98 Å². The van der Waals surface area contributed by atoms with Crippen molar-refractivity contribution in [2.24, 2.45) is 0 Å². The predicted molar refractivity (Wildman–Crippen MR) is 99.8 cm³/mol. The Balaban J connectivity index is 1.41. The van der Waals surface area contributed by atoms with Crippen LogP contribution in [0.25, 0.3) is 11.1 Å². The van der Waals surface area contributed by atoms with Gasteiger partial charge in [0.15, 0.2) is 0 Å². The van der Waals surface area contributed by atoms with E-state index in [0.717, 1.165) is 11.6 Å². The number of halogens is 3. The van der Waals surface area contributed by atoms with E-state index in [0.29, 0.717) is 12.1 Å². The standard InChI is InChI=1S/C20H16F3N3O4/c21-20(22,23)17-4-2-1-3-16(17)14-7-5-13(6-8-14)11-29-15-9-25-10-18(26(27)28)24-19(25)30-12-15/h1-8,10,15H,9,11-12H2/t15-/m0/s1. The summed E-state index contributed by atoms with van der Waals surface area (Å²) < 4.78 is 52.4. The molecule has 1 atom stereocenters. The van der Waals surface area contributed by atoms with E-state index >= 15 is 0 Å². The molecule has 10 heteroatoms. The van der Waals surface area contributed by atoms with Gasteiger partial charge in [-0.1, -0.05) is 42.5 Å². The maximum atomic E-state index is 13.2. The lowest BCUT2D eigenvalue weighted by Gasteiger charge is -2.22. The molecule has 0 spiro atoms. The minimum absolute atomic E-state index is 0.118. The molecule has 156 valence electrons. The summed E-state index contributed by atoms with van der Waals surface area (Å²) in [6, 6.07) is 12.3. The summed E-state index contributed by atoms with van der Waals surface area (Å²) in [7, 11) is 0. The molecule has 7 nitrogen and oxygen atoms in total. The maximum absolute atomic E-state index is 13.2. The highest BCUT2D eigenvalue weighted by atomic mass is 19.4. The van der Waals surface area contributed by atoms with Crippen LogP contribution < -0.4 is 4.74 Å². The molecule has 30 heavy (non-hydrogen) atoms. The van der Waals surface area contributed by atoms with Crippen LogP contribution in [-0.2, 0) is 24.1 Å². The van der Waals surface area contributed by atoms with Gasteiger partial charge in [-0.2, -0.15) is 13.2 Å². The number of ether oxygens (including phenoxy) is 2. The molecule has 0 radical (unpaired) electrons. The fraction of sp³-hybridized carbons (Fsp3) is 0.250. The molecule has 0 amide bonds. The average molecular weight is 419 g/mol. The van der Waals surface area contributed by atoms with Crippen molar-refractivity contribution in [3.8, 4) is 17.1 Å². The summed E-state index contributed by atoms with van der Waals surface area (Å²) in [5, 5.41) is 10.8. The number of fused-ring (bicyclic) bond motifs is 1.